The lowest BCUT2D eigenvalue weighted by Gasteiger charge is -2.27. The van der Waals surface area contributed by atoms with Crippen molar-refractivity contribution in [3.63, 3.8) is 0 Å². The first-order chi connectivity index (χ1) is 8.31. The molecule has 1 aliphatic rings. The third-order valence-corrected chi connectivity index (χ3v) is 3.16. The van der Waals surface area contributed by atoms with Crippen LogP contribution in [-0.2, 0) is 19.5 Å². The average Bonchev–Trinajstić information content (AvgIpc) is 2.75. The van der Waals surface area contributed by atoms with Gasteiger partial charge in [0.1, 0.15) is 0 Å². The highest BCUT2D eigenvalue weighted by Gasteiger charge is 2.16. The van der Waals surface area contributed by atoms with Gasteiger partial charge >= 0.3 is 0 Å². The molecule has 0 aliphatic carbocycles. The molecule has 3 rings (SSSR count). The number of H-pyrrole nitrogens is 1. The van der Waals surface area contributed by atoms with Crippen LogP contribution in [0.4, 0.5) is 0 Å². The first-order valence-electron chi connectivity index (χ1n) is 5.78. The van der Waals surface area contributed by atoms with Gasteiger partial charge in [0.2, 0.25) is 0 Å². The Balaban J connectivity index is 1.74. The summed E-state index contributed by atoms with van der Waals surface area (Å²) in [6, 6.07) is 10.0. The second-order valence-electron chi connectivity index (χ2n) is 4.41. The van der Waals surface area contributed by atoms with E-state index in [9.17, 15) is 4.79 Å². The zero-order valence-electron chi connectivity index (χ0n) is 9.48. The normalized spacial score (nSPS) is 15.8. The van der Waals surface area contributed by atoms with Crippen molar-refractivity contribution in [1.29, 1.82) is 0 Å². The third kappa shape index (κ3) is 2.17. The van der Waals surface area contributed by atoms with Crippen LogP contribution in [0.3, 0.4) is 0 Å². The van der Waals surface area contributed by atoms with Crippen LogP contribution >= 0.6 is 0 Å². The van der Waals surface area contributed by atoms with Gasteiger partial charge in [-0.2, -0.15) is 5.16 Å². The van der Waals surface area contributed by atoms with Crippen LogP contribution in [0, 0.1) is 0 Å². The van der Waals surface area contributed by atoms with Gasteiger partial charge in [0.15, 0.2) is 5.76 Å². The number of aromatic amines is 1. The van der Waals surface area contributed by atoms with E-state index < -0.39 is 0 Å². The highest BCUT2D eigenvalue weighted by Crippen LogP contribution is 2.19. The van der Waals surface area contributed by atoms with Crippen LogP contribution in [0.5, 0.6) is 0 Å². The minimum absolute atomic E-state index is 0.169. The standard InChI is InChI=1S/C13H14N2O2/c16-13-7-12(17-14-13)9-15-6-5-10-3-1-2-4-11(10)8-15/h1-4,7H,5-6,8-9H2,(H,14,16). The Morgan fingerprint density at radius 1 is 1.29 bits per heavy atom. The topological polar surface area (TPSA) is 49.2 Å². The van der Waals surface area contributed by atoms with Crippen LogP contribution < -0.4 is 5.56 Å². The predicted octanol–water partition coefficient (Wildman–Crippen LogP) is 1.53. The summed E-state index contributed by atoms with van der Waals surface area (Å²) in [6.45, 7) is 2.62. The number of hydrogen-bond donors (Lipinski definition) is 1. The van der Waals surface area contributed by atoms with Crippen molar-refractivity contribution in [1.82, 2.24) is 10.1 Å². The van der Waals surface area contributed by atoms with E-state index in [2.05, 4.69) is 34.3 Å². The molecule has 0 saturated carbocycles. The lowest BCUT2D eigenvalue weighted by molar-refractivity contribution is 0.214. The molecule has 0 fully saturated rings. The average molecular weight is 230 g/mol. The van der Waals surface area contributed by atoms with Crippen molar-refractivity contribution < 1.29 is 4.52 Å². The maximum atomic E-state index is 11.0. The SMILES string of the molecule is O=c1cc(CN2CCc3ccccc3C2)o[nH]1. The molecule has 0 unspecified atom stereocenters. The van der Waals surface area contributed by atoms with Gasteiger partial charge in [-0.15, -0.1) is 0 Å². The van der Waals surface area contributed by atoms with Gasteiger partial charge in [-0.3, -0.25) is 9.69 Å². The molecule has 0 radical (unpaired) electrons. The third-order valence-electron chi connectivity index (χ3n) is 3.16. The van der Waals surface area contributed by atoms with E-state index in [1.807, 2.05) is 0 Å². The molecule has 2 aromatic rings. The highest BCUT2D eigenvalue weighted by molar-refractivity contribution is 5.29. The fraction of sp³-hybridized carbons (Fsp3) is 0.308. The summed E-state index contributed by atoms with van der Waals surface area (Å²) < 4.78 is 5.08. The first kappa shape index (κ1) is 10.4. The Hall–Kier alpha value is -1.81. The molecule has 1 aliphatic heterocycles. The minimum Gasteiger partial charge on any atom is -0.382 e. The number of rotatable bonds is 2. The molecule has 1 aromatic carbocycles. The summed E-state index contributed by atoms with van der Waals surface area (Å²) in [6.07, 6.45) is 1.06. The summed E-state index contributed by atoms with van der Waals surface area (Å²) in [5.74, 6) is 0.703. The Morgan fingerprint density at radius 3 is 2.88 bits per heavy atom. The molecule has 0 spiro atoms. The van der Waals surface area contributed by atoms with Crippen molar-refractivity contribution in [2.75, 3.05) is 6.54 Å². The number of benzene rings is 1. The van der Waals surface area contributed by atoms with Crippen molar-refractivity contribution in [3.05, 3.63) is 57.6 Å². The minimum atomic E-state index is -0.169. The van der Waals surface area contributed by atoms with Gasteiger partial charge in [0, 0.05) is 19.2 Å². The molecule has 0 saturated heterocycles. The molecular formula is C13H14N2O2. The largest absolute Gasteiger partial charge is 0.382 e. The van der Waals surface area contributed by atoms with E-state index in [4.69, 9.17) is 4.52 Å². The van der Waals surface area contributed by atoms with Crippen molar-refractivity contribution >= 4 is 0 Å². The fourth-order valence-electron chi connectivity index (χ4n) is 2.31. The summed E-state index contributed by atoms with van der Waals surface area (Å²) in [5.41, 5.74) is 2.63. The maximum absolute atomic E-state index is 11.0. The zero-order chi connectivity index (χ0) is 11.7. The Labute approximate surface area is 98.8 Å². The molecule has 88 valence electrons. The summed E-state index contributed by atoms with van der Waals surface area (Å²) in [5, 5.41) is 2.32. The van der Waals surface area contributed by atoms with Crippen LogP contribution in [0.25, 0.3) is 0 Å². The Morgan fingerprint density at radius 2 is 2.12 bits per heavy atom. The number of aromatic nitrogens is 1. The second-order valence-corrected chi connectivity index (χ2v) is 4.41. The highest BCUT2D eigenvalue weighted by atomic mass is 16.5. The van der Waals surface area contributed by atoms with Crippen molar-refractivity contribution in [2.45, 2.75) is 19.5 Å². The molecule has 1 aromatic heterocycles. The molecular weight excluding hydrogens is 216 g/mol. The summed E-state index contributed by atoms with van der Waals surface area (Å²) >= 11 is 0. The fourth-order valence-corrected chi connectivity index (χ4v) is 2.31. The zero-order valence-corrected chi connectivity index (χ0v) is 9.48. The van der Waals surface area contributed by atoms with E-state index >= 15 is 0 Å². The van der Waals surface area contributed by atoms with Crippen LogP contribution in [0.1, 0.15) is 16.9 Å². The van der Waals surface area contributed by atoms with Gasteiger partial charge in [-0.05, 0) is 17.5 Å². The first-order valence-corrected chi connectivity index (χ1v) is 5.78. The Kier molecular flexibility index (Phi) is 2.57. The van der Waals surface area contributed by atoms with Crippen LogP contribution in [0.2, 0.25) is 0 Å². The molecule has 2 heterocycles. The van der Waals surface area contributed by atoms with Gasteiger partial charge in [-0.25, -0.2) is 0 Å². The second kappa shape index (κ2) is 4.22. The number of fused-ring (bicyclic) bond motifs is 1. The molecule has 17 heavy (non-hydrogen) atoms. The van der Waals surface area contributed by atoms with Crippen LogP contribution in [0.15, 0.2) is 39.6 Å². The molecule has 4 nitrogen and oxygen atoms in total. The van der Waals surface area contributed by atoms with E-state index in [0.717, 1.165) is 19.5 Å². The van der Waals surface area contributed by atoms with E-state index in [1.54, 1.807) is 0 Å². The van der Waals surface area contributed by atoms with Gasteiger partial charge < -0.3 is 4.52 Å². The van der Waals surface area contributed by atoms with Crippen molar-refractivity contribution in [3.8, 4) is 0 Å². The van der Waals surface area contributed by atoms with E-state index in [1.165, 1.54) is 17.2 Å². The molecule has 0 bridgehead atoms. The van der Waals surface area contributed by atoms with Gasteiger partial charge in [0.25, 0.3) is 5.56 Å². The molecule has 4 heteroatoms. The maximum Gasteiger partial charge on any atom is 0.280 e. The Bertz CT molecular complexity index is 571. The number of nitrogens with zero attached hydrogens (tertiary/aromatic N) is 1. The molecule has 0 amide bonds. The van der Waals surface area contributed by atoms with Crippen LogP contribution in [-0.4, -0.2) is 16.6 Å². The monoisotopic (exact) mass is 230 g/mol. The summed E-state index contributed by atoms with van der Waals surface area (Å²) in [7, 11) is 0. The molecule has 1 N–H and O–H groups in total. The lowest BCUT2D eigenvalue weighted by Crippen LogP contribution is -2.29. The predicted molar refractivity (Wildman–Crippen MR) is 63.6 cm³/mol. The smallest absolute Gasteiger partial charge is 0.280 e. The number of nitrogens with one attached hydrogen (secondary N) is 1. The van der Waals surface area contributed by atoms with Gasteiger partial charge in [0.05, 0.1) is 6.54 Å². The number of hydrogen-bond acceptors (Lipinski definition) is 3. The van der Waals surface area contributed by atoms with E-state index in [-0.39, 0.29) is 5.56 Å². The van der Waals surface area contributed by atoms with E-state index in [0.29, 0.717) is 12.3 Å². The van der Waals surface area contributed by atoms with Gasteiger partial charge in [-0.1, -0.05) is 24.3 Å². The summed E-state index contributed by atoms with van der Waals surface area (Å²) in [4.78, 5) is 13.2. The lowest BCUT2D eigenvalue weighted by atomic mass is 10.00. The van der Waals surface area contributed by atoms with Crippen molar-refractivity contribution in [2.24, 2.45) is 0 Å². The molecule has 0 atom stereocenters. The quantitative estimate of drug-likeness (QED) is 0.851.